The van der Waals surface area contributed by atoms with Gasteiger partial charge in [0.25, 0.3) is 5.91 Å². The van der Waals surface area contributed by atoms with Crippen molar-refractivity contribution >= 4 is 33.2 Å². The lowest BCUT2D eigenvalue weighted by Gasteiger charge is -2.08. The lowest BCUT2D eigenvalue weighted by molar-refractivity contribution is 0.102. The molecule has 0 saturated carbocycles. The van der Waals surface area contributed by atoms with Crippen LogP contribution in [0, 0.1) is 6.92 Å². The second-order valence-corrected chi connectivity index (χ2v) is 5.98. The molecular weight excluding hydrogens is 342 g/mol. The standard InChI is InChI=1S/C17H16BrN3O/c1-3-13-16(21-10-11(2)8-9-15(21)19-13)17(22)20-14-7-5-4-6-12(14)18/h4-10H,3H2,1-2H3,(H,20,22). The average Bonchev–Trinajstić information content (AvgIpc) is 2.87. The van der Waals surface area contributed by atoms with Gasteiger partial charge in [-0.1, -0.05) is 25.1 Å². The average molecular weight is 358 g/mol. The van der Waals surface area contributed by atoms with Crippen LogP contribution in [0.25, 0.3) is 5.65 Å². The van der Waals surface area contributed by atoms with E-state index in [-0.39, 0.29) is 5.91 Å². The number of rotatable bonds is 3. The number of nitrogens with zero attached hydrogens (tertiary/aromatic N) is 2. The first-order valence-electron chi connectivity index (χ1n) is 7.13. The van der Waals surface area contributed by atoms with E-state index in [1.807, 2.05) is 60.8 Å². The van der Waals surface area contributed by atoms with Gasteiger partial charge < -0.3 is 5.32 Å². The van der Waals surface area contributed by atoms with Crippen LogP contribution in [0.4, 0.5) is 5.69 Å². The predicted octanol–water partition coefficient (Wildman–Crippen LogP) is 4.22. The van der Waals surface area contributed by atoms with Crippen LogP contribution in [0.3, 0.4) is 0 Å². The van der Waals surface area contributed by atoms with Crippen molar-refractivity contribution in [2.45, 2.75) is 20.3 Å². The number of aryl methyl sites for hydroxylation is 2. The lowest BCUT2D eigenvalue weighted by atomic mass is 10.2. The number of aromatic nitrogens is 2. The topological polar surface area (TPSA) is 46.4 Å². The zero-order chi connectivity index (χ0) is 15.7. The fourth-order valence-corrected chi connectivity index (χ4v) is 2.81. The third-order valence-electron chi connectivity index (χ3n) is 3.51. The molecule has 1 amide bonds. The SMILES string of the molecule is CCc1nc2ccc(C)cn2c1C(=O)Nc1ccccc1Br. The molecule has 0 spiro atoms. The molecule has 0 radical (unpaired) electrons. The molecule has 0 aliphatic carbocycles. The number of carbonyl (C=O) groups is 1. The van der Waals surface area contributed by atoms with Crippen molar-refractivity contribution < 1.29 is 4.79 Å². The Morgan fingerprint density at radius 3 is 2.77 bits per heavy atom. The number of imidazole rings is 1. The van der Waals surface area contributed by atoms with Crippen LogP contribution in [0.2, 0.25) is 0 Å². The molecule has 3 rings (SSSR count). The van der Waals surface area contributed by atoms with Gasteiger partial charge >= 0.3 is 0 Å². The molecule has 0 atom stereocenters. The number of benzene rings is 1. The Balaban J connectivity index is 2.06. The Morgan fingerprint density at radius 2 is 2.05 bits per heavy atom. The van der Waals surface area contributed by atoms with Crippen LogP contribution < -0.4 is 5.32 Å². The predicted molar refractivity (Wildman–Crippen MR) is 91.4 cm³/mol. The van der Waals surface area contributed by atoms with E-state index < -0.39 is 0 Å². The summed E-state index contributed by atoms with van der Waals surface area (Å²) < 4.78 is 2.71. The molecule has 22 heavy (non-hydrogen) atoms. The molecular formula is C17H16BrN3O. The van der Waals surface area contributed by atoms with Crippen LogP contribution in [0.5, 0.6) is 0 Å². The molecule has 3 aromatic rings. The molecule has 0 unspecified atom stereocenters. The minimum Gasteiger partial charge on any atom is -0.320 e. The van der Waals surface area contributed by atoms with Crippen molar-refractivity contribution in [2.24, 2.45) is 0 Å². The van der Waals surface area contributed by atoms with Crippen LogP contribution in [0.1, 0.15) is 28.7 Å². The van der Waals surface area contributed by atoms with Crippen LogP contribution in [-0.2, 0) is 6.42 Å². The third-order valence-corrected chi connectivity index (χ3v) is 4.20. The maximum atomic E-state index is 12.7. The number of para-hydroxylation sites is 1. The molecule has 1 aromatic carbocycles. The number of hydrogen-bond acceptors (Lipinski definition) is 2. The molecule has 5 heteroatoms. The van der Waals surface area contributed by atoms with E-state index in [9.17, 15) is 4.79 Å². The quantitative estimate of drug-likeness (QED) is 0.762. The molecule has 2 heterocycles. The fraction of sp³-hybridized carbons (Fsp3) is 0.176. The van der Waals surface area contributed by atoms with Crippen molar-refractivity contribution in [3.8, 4) is 0 Å². The fourth-order valence-electron chi connectivity index (χ4n) is 2.43. The highest BCUT2D eigenvalue weighted by molar-refractivity contribution is 9.10. The molecule has 0 aliphatic heterocycles. The number of amides is 1. The molecule has 0 aliphatic rings. The Kier molecular flexibility index (Phi) is 3.98. The van der Waals surface area contributed by atoms with Crippen molar-refractivity contribution in [1.29, 1.82) is 0 Å². The van der Waals surface area contributed by atoms with Gasteiger partial charge in [-0.2, -0.15) is 0 Å². The summed E-state index contributed by atoms with van der Waals surface area (Å²) in [7, 11) is 0. The summed E-state index contributed by atoms with van der Waals surface area (Å²) in [4.78, 5) is 17.3. The maximum Gasteiger partial charge on any atom is 0.274 e. The summed E-state index contributed by atoms with van der Waals surface area (Å²) in [5.74, 6) is -0.151. The zero-order valence-electron chi connectivity index (χ0n) is 12.4. The summed E-state index contributed by atoms with van der Waals surface area (Å²) >= 11 is 3.45. The van der Waals surface area contributed by atoms with Gasteiger partial charge in [-0.25, -0.2) is 4.98 Å². The van der Waals surface area contributed by atoms with E-state index in [4.69, 9.17) is 0 Å². The minimum atomic E-state index is -0.151. The largest absolute Gasteiger partial charge is 0.320 e. The summed E-state index contributed by atoms with van der Waals surface area (Å²) in [6.45, 7) is 4.00. The van der Waals surface area contributed by atoms with Crippen molar-refractivity contribution in [3.63, 3.8) is 0 Å². The number of pyridine rings is 1. The maximum absolute atomic E-state index is 12.7. The lowest BCUT2D eigenvalue weighted by Crippen LogP contribution is -2.16. The second-order valence-electron chi connectivity index (χ2n) is 5.13. The highest BCUT2D eigenvalue weighted by atomic mass is 79.9. The summed E-state index contributed by atoms with van der Waals surface area (Å²) in [6, 6.07) is 11.5. The number of fused-ring (bicyclic) bond motifs is 1. The smallest absolute Gasteiger partial charge is 0.274 e. The van der Waals surface area contributed by atoms with E-state index in [2.05, 4.69) is 26.2 Å². The summed E-state index contributed by atoms with van der Waals surface area (Å²) in [5.41, 5.74) is 4.02. The first-order chi connectivity index (χ1) is 10.6. The van der Waals surface area contributed by atoms with Gasteiger partial charge in [0.05, 0.1) is 11.4 Å². The van der Waals surface area contributed by atoms with E-state index in [0.717, 1.165) is 27.1 Å². The molecule has 112 valence electrons. The molecule has 4 nitrogen and oxygen atoms in total. The van der Waals surface area contributed by atoms with E-state index in [1.54, 1.807) is 0 Å². The number of halogens is 1. The molecule has 1 N–H and O–H groups in total. The molecule has 0 saturated heterocycles. The van der Waals surface area contributed by atoms with Crippen LogP contribution >= 0.6 is 15.9 Å². The zero-order valence-corrected chi connectivity index (χ0v) is 14.0. The van der Waals surface area contributed by atoms with Gasteiger partial charge in [0.2, 0.25) is 0 Å². The summed E-state index contributed by atoms with van der Waals surface area (Å²) in [6.07, 6.45) is 2.65. The minimum absolute atomic E-state index is 0.151. The van der Waals surface area contributed by atoms with Gasteiger partial charge in [-0.15, -0.1) is 0 Å². The highest BCUT2D eigenvalue weighted by Gasteiger charge is 2.19. The molecule has 2 aromatic heterocycles. The molecule has 0 bridgehead atoms. The summed E-state index contributed by atoms with van der Waals surface area (Å²) in [5, 5.41) is 2.95. The second kappa shape index (κ2) is 5.93. The first-order valence-corrected chi connectivity index (χ1v) is 7.93. The number of hydrogen-bond donors (Lipinski definition) is 1. The number of carbonyl (C=O) groups excluding carboxylic acids is 1. The number of anilines is 1. The van der Waals surface area contributed by atoms with E-state index in [0.29, 0.717) is 12.1 Å². The van der Waals surface area contributed by atoms with E-state index in [1.165, 1.54) is 0 Å². The molecule has 0 fully saturated rings. The highest BCUT2D eigenvalue weighted by Crippen LogP contribution is 2.23. The number of nitrogens with one attached hydrogen (secondary N) is 1. The third kappa shape index (κ3) is 2.64. The normalized spacial score (nSPS) is 10.9. The van der Waals surface area contributed by atoms with Crippen molar-refractivity contribution in [2.75, 3.05) is 5.32 Å². The van der Waals surface area contributed by atoms with Crippen molar-refractivity contribution in [3.05, 3.63) is 64.0 Å². The first kappa shape index (κ1) is 14.8. The Bertz CT molecular complexity index is 854. The van der Waals surface area contributed by atoms with Crippen molar-refractivity contribution in [1.82, 2.24) is 9.38 Å². The van der Waals surface area contributed by atoms with E-state index >= 15 is 0 Å². The van der Waals surface area contributed by atoms with Gasteiger partial charge in [0.1, 0.15) is 11.3 Å². The van der Waals surface area contributed by atoms with Crippen LogP contribution in [-0.4, -0.2) is 15.3 Å². The van der Waals surface area contributed by atoms with Gasteiger partial charge in [-0.3, -0.25) is 9.20 Å². The Hall–Kier alpha value is -2.14. The van der Waals surface area contributed by atoms with Gasteiger partial charge in [0.15, 0.2) is 0 Å². The monoisotopic (exact) mass is 357 g/mol. The van der Waals surface area contributed by atoms with Gasteiger partial charge in [0, 0.05) is 10.7 Å². The Labute approximate surface area is 137 Å². The Morgan fingerprint density at radius 1 is 1.27 bits per heavy atom. The van der Waals surface area contributed by atoms with Crippen LogP contribution in [0.15, 0.2) is 47.1 Å². The van der Waals surface area contributed by atoms with Gasteiger partial charge in [-0.05, 0) is 53.0 Å².